The van der Waals surface area contributed by atoms with Crippen molar-refractivity contribution in [3.63, 3.8) is 0 Å². The van der Waals surface area contributed by atoms with E-state index in [0.29, 0.717) is 19.7 Å². The Balaban J connectivity index is 1.97. The highest BCUT2D eigenvalue weighted by Gasteiger charge is 2.24. The maximum Gasteiger partial charge on any atom is 0.352 e. The maximum atomic E-state index is 12.2. The third-order valence-corrected chi connectivity index (χ3v) is 3.49. The second kappa shape index (κ2) is 6.56. The zero-order valence-corrected chi connectivity index (χ0v) is 11.6. The Hall–Kier alpha value is -1.82. The summed E-state index contributed by atoms with van der Waals surface area (Å²) in [6.07, 6.45) is 3.61. The third kappa shape index (κ3) is 3.39. The van der Waals surface area contributed by atoms with Gasteiger partial charge >= 0.3 is 5.97 Å². The number of carbonyl (C=O) groups is 2. The highest BCUT2D eigenvalue weighted by molar-refractivity contribution is 5.86. The van der Waals surface area contributed by atoms with Crippen LogP contribution in [0.2, 0.25) is 0 Å². The average molecular weight is 280 g/mol. The van der Waals surface area contributed by atoms with Crippen LogP contribution in [0.15, 0.2) is 18.3 Å². The summed E-state index contributed by atoms with van der Waals surface area (Å²) >= 11 is 0. The van der Waals surface area contributed by atoms with Crippen LogP contribution in [0.3, 0.4) is 0 Å². The van der Waals surface area contributed by atoms with Gasteiger partial charge in [-0.25, -0.2) is 4.79 Å². The van der Waals surface area contributed by atoms with Crippen molar-refractivity contribution in [2.24, 2.45) is 0 Å². The molecule has 110 valence electrons. The first-order valence-electron chi connectivity index (χ1n) is 6.89. The van der Waals surface area contributed by atoms with Crippen LogP contribution in [0.25, 0.3) is 0 Å². The number of carboxylic acids is 1. The number of nitrogens with zero attached hydrogens (tertiary/aromatic N) is 2. The van der Waals surface area contributed by atoms with Gasteiger partial charge in [-0.05, 0) is 31.9 Å². The Labute approximate surface area is 117 Å². The predicted molar refractivity (Wildman–Crippen MR) is 72.6 cm³/mol. The van der Waals surface area contributed by atoms with Gasteiger partial charge in [0.05, 0.1) is 6.10 Å². The molecular formula is C14H20N2O4. The normalized spacial score (nSPS) is 19.1. The van der Waals surface area contributed by atoms with Gasteiger partial charge in [-0.1, -0.05) is 0 Å². The number of piperidine rings is 1. The lowest BCUT2D eigenvalue weighted by molar-refractivity contribution is -0.135. The molecule has 0 saturated carbocycles. The molecule has 1 fully saturated rings. The van der Waals surface area contributed by atoms with E-state index in [1.165, 1.54) is 10.6 Å². The second-order valence-electron chi connectivity index (χ2n) is 4.89. The highest BCUT2D eigenvalue weighted by Crippen LogP contribution is 2.14. The quantitative estimate of drug-likeness (QED) is 0.880. The number of carboxylic acid groups (broad SMARTS) is 1. The molecule has 2 heterocycles. The Bertz CT molecular complexity index is 481. The second-order valence-corrected chi connectivity index (χ2v) is 4.89. The number of ether oxygens (including phenoxy) is 1. The van der Waals surface area contributed by atoms with Gasteiger partial charge in [0.15, 0.2) is 0 Å². The van der Waals surface area contributed by atoms with Crippen molar-refractivity contribution < 1.29 is 19.4 Å². The van der Waals surface area contributed by atoms with Crippen LogP contribution in [0.1, 0.15) is 30.3 Å². The van der Waals surface area contributed by atoms with Crippen LogP contribution in [0, 0.1) is 0 Å². The van der Waals surface area contributed by atoms with Crippen molar-refractivity contribution in [2.45, 2.75) is 32.4 Å². The van der Waals surface area contributed by atoms with E-state index in [9.17, 15) is 9.59 Å². The predicted octanol–water partition coefficient (Wildman–Crippen LogP) is 1.21. The van der Waals surface area contributed by atoms with Crippen LogP contribution >= 0.6 is 0 Å². The lowest BCUT2D eigenvalue weighted by atomic mass is 10.1. The van der Waals surface area contributed by atoms with Gasteiger partial charge in [0, 0.05) is 25.9 Å². The van der Waals surface area contributed by atoms with Gasteiger partial charge in [0.1, 0.15) is 12.2 Å². The summed E-state index contributed by atoms with van der Waals surface area (Å²) in [7, 11) is 0. The summed E-state index contributed by atoms with van der Waals surface area (Å²) in [5.41, 5.74) is 0.136. The minimum absolute atomic E-state index is 0.0619. The highest BCUT2D eigenvalue weighted by atomic mass is 16.5. The molecule has 0 radical (unpaired) electrons. The SMILES string of the molecule is CCOC1CCCN(C(=O)Cn2cccc2C(=O)O)C1. The number of hydrogen-bond donors (Lipinski definition) is 1. The smallest absolute Gasteiger partial charge is 0.352 e. The van der Waals surface area contributed by atoms with Crippen LogP contribution in [-0.2, 0) is 16.1 Å². The molecule has 1 amide bonds. The minimum atomic E-state index is -1.02. The van der Waals surface area contributed by atoms with Crippen LogP contribution in [0.4, 0.5) is 0 Å². The molecule has 2 rings (SSSR count). The molecular weight excluding hydrogens is 260 g/mol. The monoisotopic (exact) mass is 280 g/mol. The number of rotatable bonds is 5. The average Bonchev–Trinajstić information content (AvgIpc) is 2.88. The van der Waals surface area contributed by atoms with E-state index < -0.39 is 5.97 Å². The van der Waals surface area contributed by atoms with Crippen molar-refractivity contribution in [1.29, 1.82) is 0 Å². The van der Waals surface area contributed by atoms with E-state index in [-0.39, 0.29) is 24.2 Å². The summed E-state index contributed by atoms with van der Waals surface area (Å²) in [5.74, 6) is -1.08. The number of likely N-dealkylation sites (tertiary alicyclic amines) is 1. The summed E-state index contributed by atoms with van der Waals surface area (Å²) in [6, 6.07) is 3.13. The summed E-state index contributed by atoms with van der Waals surface area (Å²) < 4.78 is 7.03. The zero-order valence-electron chi connectivity index (χ0n) is 11.6. The van der Waals surface area contributed by atoms with Gasteiger partial charge in [0.2, 0.25) is 5.91 Å². The van der Waals surface area contributed by atoms with Crippen molar-refractivity contribution in [1.82, 2.24) is 9.47 Å². The molecule has 1 aliphatic rings. The lowest BCUT2D eigenvalue weighted by Crippen LogP contribution is -2.44. The topological polar surface area (TPSA) is 71.8 Å². The Morgan fingerprint density at radius 3 is 3.00 bits per heavy atom. The number of hydrogen-bond acceptors (Lipinski definition) is 3. The molecule has 1 unspecified atom stereocenters. The van der Waals surface area contributed by atoms with E-state index in [2.05, 4.69) is 0 Å². The molecule has 1 aliphatic heterocycles. The Morgan fingerprint density at radius 2 is 2.30 bits per heavy atom. The maximum absolute atomic E-state index is 12.2. The van der Waals surface area contributed by atoms with Crippen LogP contribution in [-0.4, -0.2) is 52.3 Å². The van der Waals surface area contributed by atoms with E-state index in [1.54, 1.807) is 17.2 Å². The summed E-state index contributed by atoms with van der Waals surface area (Å²) in [5, 5.41) is 9.02. The first-order chi connectivity index (χ1) is 9.61. The summed E-state index contributed by atoms with van der Waals surface area (Å²) in [6.45, 7) is 3.96. The van der Waals surface area contributed by atoms with Gasteiger partial charge in [-0.3, -0.25) is 4.79 Å². The lowest BCUT2D eigenvalue weighted by Gasteiger charge is -2.32. The molecule has 20 heavy (non-hydrogen) atoms. The largest absolute Gasteiger partial charge is 0.477 e. The Morgan fingerprint density at radius 1 is 1.50 bits per heavy atom. The molecule has 0 bridgehead atoms. The number of aromatic carboxylic acids is 1. The summed E-state index contributed by atoms with van der Waals surface area (Å²) in [4.78, 5) is 25.0. The third-order valence-electron chi connectivity index (χ3n) is 3.49. The van der Waals surface area contributed by atoms with E-state index >= 15 is 0 Å². The first-order valence-corrected chi connectivity index (χ1v) is 6.89. The Kier molecular flexibility index (Phi) is 4.79. The van der Waals surface area contributed by atoms with Crippen LogP contribution < -0.4 is 0 Å². The van der Waals surface area contributed by atoms with Gasteiger partial charge in [-0.15, -0.1) is 0 Å². The number of aromatic nitrogens is 1. The van der Waals surface area contributed by atoms with Gasteiger partial charge in [0.25, 0.3) is 0 Å². The molecule has 0 aromatic carbocycles. The van der Waals surface area contributed by atoms with E-state index in [1.807, 2.05) is 6.92 Å². The van der Waals surface area contributed by atoms with Crippen LogP contribution in [0.5, 0.6) is 0 Å². The van der Waals surface area contributed by atoms with Gasteiger partial charge < -0.3 is 19.3 Å². The van der Waals surface area contributed by atoms with Crippen molar-refractivity contribution >= 4 is 11.9 Å². The fourth-order valence-electron chi connectivity index (χ4n) is 2.53. The number of amides is 1. The van der Waals surface area contributed by atoms with Crippen molar-refractivity contribution in [3.05, 3.63) is 24.0 Å². The van der Waals surface area contributed by atoms with E-state index in [4.69, 9.17) is 9.84 Å². The van der Waals surface area contributed by atoms with Gasteiger partial charge in [-0.2, -0.15) is 0 Å². The molecule has 1 atom stereocenters. The molecule has 1 aromatic heterocycles. The molecule has 1 aromatic rings. The molecule has 0 spiro atoms. The van der Waals surface area contributed by atoms with Crippen molar-refractivity contribution in [2.75, 3.05) is 19.7 Å². The zero-order chi connectivity index (χ0) is 14.5. The number of carbonyl (C=O) groups excluding carboxylic acids is 1. The van der Waals surface area contributed by atoms with E-state index in [0.717, 1.165) is 12.8 Å². The molecule has 6 nitrogen and oxygen atoms in total. The molecule has 1 saturated heterocycles. The first kappa shape index (κ1) is 14.6. The fourth-order valence-corrected chi connectivity index (χ4v) is 2.53. The molecule has 6 heteroatoms. The van der Waals surface area contributed by atoms with Crippen molar-refractivity contribution in [3.8, 4) is 0 Å². The fraction of sp³-hybridized carbons (Fsp3) is 0.571. The standard InChI is InChI=1S/C14H20N2O4/c1-2-20-11-5-3-8-16(9-11)13(17)10-15-7-4-6-12(15)14(18)19/h4,6-7,11H,2-3,5,8-10H2,1H3,(H,18,19). The molecule has 0 aliphatic carbocycles. The minimum Gasteiger partial charge on any atom is -0.477 e. The molecule has 1 N–H and O–H groups in total.